The number of nitrogens with two attached hydrogens (primary N) is 1. The lowest BCUT2D eigenvalue weighted by molar-refractivity contribution is 0.0891. The van der Waals surface area contributed by atoms with Gasteiger partial charge in [-0.1, -0.05) is 18.9 Å². The standard InChI is InChI=1S/C13H16FNO/c1-9-4-5-10(14)8-11(9)12(16)13(15)6-2-3-7-13/h4-5,8H,2-3,6-7,15H2,1H3. The molecule has 0 spiro atoms. The van der Waals surface area contributed by atoms with E-state index in [1.165, 1.54) is 12.1 Å². The molecule has 3 heteroatoms. The maximum Gasteiger partial charge on any atom is 0.182 e. The Labute approximate surface area is 94.6 Å². The van der Waals surface area contributed by atoms with Crippen LogP contribution in [0.25, 0.3) is 0 Å². The Bertz CT molecular complexity index is 422. The van der Waals surface area contributed by atoms with Crippen molar-refractivity contribution in [1.29, 1.82) is 0 Å². The fourth-order valence-corrected chi connectivity index (χ4v) is 2.34. The van der Waals surface area contributed by atoms with Gasteiger partial charge in [0.25, 0.3) is 0 Å². The number of benzene rings is 1. The van der Waals surface area contributed by atoms with Crippen molar-refractivity contribution >= 4 is 5.78 Å². The van der Waals surface area contributed by atoms with Crippen LogP contribution in [0.1, 0.15) is 41.6 Å². The second-order valence-electron chi connectivity index (χ2n) is 4.65. The summed E-state index contributed by atoms with van der Waals surface area (Å²) in [6.45, 7) is 1.81. The smallest absolute Gasteiger partial charge is 0.182 e. The molecular weight excluding hydrogens is 205 g/mol. The van der Waals surface area contributed by atoms with E-state index < -0.39 is 5.54 Å². The molecule has 1 aromatic rings. The quantitative estimate of drug-likeness (QED) is 0.780. The van der Waals surface area contributed by atoms with E-state index in [4.69, 9.17) is 5.73 Å². The highest BCUT2D eigenvalue weighted by Gasteiger charge is 2.37. The van der Waals surface area contributed by atoms with Gasteiger partial charge in [-0.3, -0.25) is 4.79 Å². The predicted octanol–water partition coefficient (Wildman–Crippen LogP) is 2.59. The predicted molar refractivity (Wildman–Crippen MR) is 60.9 cm³/mol. The number of ketones is 1. The van der Waals surface area contributed by atoms with E-state index in [1.54, 1.807) is 6.07 Å². The van der Waals surface area contributed by atoms with Crippen LogP contribution in [0, 0.1) is 12.7 Å². The third-order valence-electron chi connectivity index (χ3n) is 3.39. The number of rotatable bonds is 2. The average Bonchev–Trinajstić information content (AvgIpc) is 2.69. The summed E-state index contributed by atoms with van der Waals surface area (Å²) in [6.07, 6.45) is 3.39. The van der Waals surface area contributed by atoms with Crippen LogP contribution < -0.4 is 5.73 Å². The number of carbonyl (C=O) groups excluding carboxylic acids is 1. The second-order valence-corrected chi connectivity index (χ2v) is 4.65. The topological polar surface area (TPSA) is 43.1 Å². The molecular formula is C13H16FNO. The van der Waals surface area contributed by atoms with E-state index in [0.29, 0.717) is 18.4 Å². The number of hydrogen-bond acceptors (Lipinski definition) is 2. The van der Waals surface area contributed by atoms with Gasteiger partial charge in [-0.2, -0.15) is 0 Å². The van der Waals surface area contributed by atoms with Gasteiger partial charge in [-0.15, -0.1) is 0 Å². The Kier molecular flexibility index (Phi) is 2.80. The highest BCUT2D eigenvalue weighted by molar-refractivity contribution is 6.04. The van der Waals surface area contributed by atoms with Gasteiger partial charge in [-0.05, 0) is 37.5 Å². The van der Waals surface area contributed by atoms with E-state index in [-0.39, 0.29) is 11.6 Å². The van der Waals surface area contributed by atoms with Gasteiger partial charge < -0.3 is 5.73 Å². The van der Waals surface area contributed by atoms with Crippen LogP contribution in [0.4, 0.5) is 4.39 Å². The molecule has 0 atom stereocenters. The number of Topliss-reactive ketones (excluding diaryl/α,β-unsaturated/α-hetero) is 1. The molecule has 0 unspecified atom stereocenters. The van der Waals surface area contributed by atoms with Gasteiger partial charge in [0.15, 0.2) is 5.78 Å². The van der Waals surface area contributed by atoms with Crippen molar-refractivity contribution in [3.63, 3.8) is 0 Å². The SMILES string of the molecule is Cc1ccc(F)cc1C(=O)C1(N)CCCC1. The van der Waals surface area contributed by atoms with Crippen molar-refractivity contribution in [3.05, 3.63) is 35.1 Å². The number of carbonyl (C=O) groups is 1. The largest absolute Gasteiger partial charge is 0.319 e. The van der Waals surface area contributed by atoms with Crippen LogP contribution in [0.3, 0.4) is 0 Å². The summed E-state index contributed by atoms with van der Waals surface area (Å²) >= 11 is 0. The minimum absolute atomic E-state index is 0.109. The Balaban J connectivity index is 2.36. The summed E-state index contributed by atoms with van der Waals surface area (Å²) < 4.78 is 13.1. The molecule has 1 aliphatic rings. The average molecular weight is 221 g/mol. The first kappa shape index (κ1) is 11.3. The normalized spacial score (nSPS) is 18.7. The van der Waals surface area contributed by atoms with Gasteiger partial charge >= 0.3 is 0 Å². The molecule has 0 saturated heterocycles. The van der Waals surface area contributed by atoms with E-state index in [2.05, 4.69) is 0 Å². The molecule has 1 saturated carbocycles. The van der Waals surface area contributed by atoms with Crippen molar-refractivity contribution in [2.75, 3.05) is 0 Å². The van der Waals surface area contributed by atoms with E-state index in [1.807, 2.05) is 6.92 Å². The molecule has 0 aromatic heterocycles. The zero-order chi connectivity index (χ0) is 11.8. The lowest BCUT2D eigenvalue weighted by atomic mass is 9.87. The van der Waals surface area contributed by atoms with Crippen LogP contribution in [0.15, 0.2) is 18.2 Å². The summed E-state index contributed by atoms with van der Waals surface area (Å²) in [7, 11) is 0. The molecule has 0 radical (unpaired) electrons. The first-order valence-electron chi connectivity index (χ1n) is 5.63. The highest BCUT2D eigenvalue weighted by Crippen LogP contribution is 2.31. The van der Waals surface area contributed by atoms with Gasteiger partial charge in [0.2, 0.25) is 0 Å². The zero-order valence-electron chi connectivity index (χ0n) is 9.42. The zero-order valence-corrected chi connectivity index (χ0v) is 9.42. The second kappa shape index (κ2) is 3.98. The van der Waals surface area contributed by atoms with Crippen molar-refractivity contribution < 1.29 is 9.18 Å². The minimum atomic E-state index is -0.765. The van der Waals surface area contributed by atoms with Gasteiger partial charge in [0.1, 0.15) is 5.82 Å². The Morgan fingerprint density at radius 2 is 2.00 bits per heavy atom. The van der Waals surface area contributed by atoms with Crippen LogP contribution in [0.5, 0.6) is 0 Å². The van der Waals surface area contributed by atoms with Crippen LogP contribution in [-0.4, -0.2) is 11.3 Å². The molecule has 86 valence electrons. The molecule has 1 aliphatic carbocycles. The molecule has 1 fully saturated rings. The van der Waals surface area contributed by atoms with Gasteiger partial charge in [-0.25, -0.2) is 4.39 Å². The third kappa shape index (κ3) is 1.87. The molecule has 2 nitrogen and oxygen atoms in total. The lowest BCUT2D eigenvalue weighted by Crippen LogP contribution is -2.45. The van der Waals surface area contributed by atoms with E-state index in [0.717, 1.165) is 18.4 Å². The lowest BCUT2D eigenvalue weighted by Gasteiger charge is -2.22. The number of aryl methyl sites for hydroxylation is 1. The minimum Gasteiger partial charge on any atom is -0.319 e. The molecule has 0 heterocycles. The van der Waals surface area contributed by atoms with Crippen LogP contribution in [0.2, 0.25) is 0 Å². The third-order valence-corrected chi connectivity index (χ3v) is 3.39. The van der Waals surface area contributed by atoms with Crippen molar-refractivity contribution in [1.82, 2.24) is 0 Å². The Morgan fingerprint density at radius 1 is 1.38 bits per heavy atom. The summed E-state index contributed by atoms with van der Waals surface area (Å²) in [5.41, 5.74) is 6.55. The number of halogens is 1. The summed E-state index contributed by atoms with van der Waals surface area (Å²) in [6, 6.07) is 4.29. The highest BCUT2D eigenvalue weighted by atomic mass is 19.1. The molecule has 0 amide bonds. The molecule has 16 heavy (non-hydrogen) atoms. The number of hydrogen-bond donors (Lipinski definition) is 1. The maximum atomic E-state index is 13.1. The van der Waals surface area contributed by atoms with Crippen molar-refractivity contribution in [2.24, 2.45) is 5.73 Å². The first-order chi connectivity index (χ1) is 7.53. The maximum absolute atomic E-state index is 13.1. The van der Waals surface area contributed by atoms with Crippen LogP contribution in [-0.2, 0) is 0 Å². The monoisotopic (exact) mass is 221 g/mol. The van der Waals surface area contributed by atoms with Crippen molar-refractivity contribution in [3.8, 4) is 0 Å². The van der Waals surface area contributed by atoms with Crippen LogP contribution >= 0.6 is 0 Å². The van der Waals surface area contributed by atoms with Gasteiger partial charge in [0.05, 0.1) is 5.54 Å². The summed E-state index contributed by atoms with van der Waals surface area (Å²) in [5, 5.41) is 0. The molecule has 2 rings (SSSR count). The fraction of sp³-hybridized carbons (Fsp3) is 0.462. The Hall–Kier alpha value is -1.22. The van der Waals surface area contributed by atoms with E-state index in [9.17, 15) is 9.18 Å². The van der Waals surface area contributed by atoms with E-state index >= 15 is 0 Å². The van der Waals surface area contributed by atoms with Crippen molar-refractivity contribution in [2.45, 2.75) is 38.1 Å². The summed E-state index contributed by atoms with van der Waals surface area (Å²) in [4.78, 5) is 12.3. The fourth-order valence-electron chi connectivity index (χ4n) is 2.34. The Morgan fingerprint density at radius 3 is 2.62 bits per heavy atom. The first-order valence-corrected chi connectivity index (χ1v) is 5.63. The molecule has 0 aliphatic heterocycles. The molecule has 0 bridgehead atoms. The molecule has 1 aromatic carbocycles. The van der Waals surface area contributed by atoms with Gasteiger partial charge in [0, 0.05) is 5.56 Å². The molecule has 2 N–H and O–H groups in total. The summed E-state index contributed by atoms with van der Waals surface area (Å²) in [5.74, 6) is -0.488.